The van der Waals surface area contributed by atoms with Crippen LogP contribution in [0.4, 0.5) is 10.1 Å². The Morgan fingerprint density at radius 3 is 2.39 bits per heavy atom. The van der Waals surface area contributed by atoms with Crippen LogP contribution in [0.2, 0.25) is 0 Å². The second kappa shape index (κ2) is 8.40. The third-order valence-electron chi connectivity index (χ3n) is 5.23. The molecule has 0 unspecified atom stereocenters. The molecule has 0 bridgehead atoms. The van der Waals surface area contributed by atoms with Gasteiger partial charge in [0.2, 0.25) is 0 Å². The molecule has 0 atom stereocenters. The van der Waals surface area contributed by atoms with Crippen LogP contribution in [0.15, 0.2) is 77.4 Å². The molecule has 28 heavy (non-hydrogen) atoms. The van der Waals surface area contributed by atoms with Crippen LogP contribution in [0.3, 0.4) is 0 Å². The Kier molecular flexibility index (Phi) is 5.53. The molecule has 2 aromatic carbocycles. The van der Waals surface area contributed by atoms with Crippen molar-refractivity contribution in [1.82, 2.24) is 4.90 Å². The van der Waals surface area contributed by atoms with Gasteiger partial charge in [-0.3, -0.25) is 14.6 Å². The lowest BCUT2D eigenvalue weighted by atomic mass is 10.0. The largest absolute Gasteiger partial charge is 0.459 e. The summed E-state index contributed by atoms with van der Waals surface area (Å²) < 4.78 is 19.8. The number of hydrogen-bond donors (Lipinski definition) is 0. The van der Waals surface area contributed by atoms with Crippen LogP contribution in [0.25, 0.3) is 0 Å². The van der Waals surface area contributed by atoms with Crippen LogP contribution in [0.1, 0.15) is 29.0 Å². The first-order valence-electron chi connectivity index (χ1n) is 9.60. The number of amides is 1. The van der Waals surface area contributed by atoms with Crippen molar-refractivity contribution in [3.05, 3.63) is 90.1 Å². The number of likely N-dealkylation sites (tertiary alicyclic amines) is 1. The van der Waals surface area contributed by atoms with Crippen molar-refractivity contribution in [2.24, 2.45) is 0 Å². The molecular formula is C23H23FN2O2. The number of benzene rings is 2. The Morgan fingerprint density at radius 2 is 1.71 bits per heavy atom. The number of nitrogens with zero attached hydrogens (tertiary/aromatic N) is 2. The predicted molar refractivity (Wildman–Crippen MR) is 107 cm³/mol. The fourth-order valence-corrected chi connectivity index (χ4v) is 3.82. The second-order valence-electron chi connectivity index (χ2n) is 7.10. The van der Waals surface area contributed by atoms with Gasteiger partial charge in [0.1, 0.15) is 5.82 Å². The maximum absolute atomic E-state index is 14.5. The fraction of sp³-hybridized carbons (Fsp3) is 0.261. The van der Waals surface area contributed by atoms with E-state index in [4.69, 9.17) is 4.42 Å². The van der Waals surface area contributed by atoms with E-state index < -0.39 is 5.82 Å². The molecule has 0 N–H and O–H groups in total. The molecule has 5 heteroatoms. The topological polar surface area (TPSA) is 36.7 Å². The SMILES string of the molecule is O=C(c1ccco1)N(c1ccccc1F)C1CCN(Cc2ccccc2)CC1. The van der Waals surface area contributed by atoms with E-state index in [1.807, 2.05) is 18.2 Å². The monoisotopic (exact) mass is 378 g/mol. The van der Waals surface area contributed by atoms with Gasteiger partial charge in [-0.1, -0.05) is 42.5 Å². The molecule has 3 aromatic rings. The van der Waals surface area contributed by atoms with Crippen molar-refractivity contribution >= 4 is 11.6 Å². The molecule has 4 nitrogen and oxygen atoms in total. The number of piperidine rings is 1. The van der Waals surface area contributed by atoms with Gasteiger partial charge >= 0.3 is 0 Å². The smallest absolute Gasteiger partial charge is 0.294 e. The number of rotatable bonds is 5. The first-order chi connectivity index (χ1) is 13.7. The number of carbonyl (C=O) groups is 1. The Morgan fingerprint density at radius 1 is 1.00 bits per heavy atom. The highest BCUT2D eigenvalue weighted by atomic mass is 19.1. The van der Waals surface area contributed by atoms with Crippen molar-refractivity contribution in [3.63, 3.8) is 0 Å². The van der Waals surface area contributed by atoms with Crippen molar-refractivity contribution in [3.8, 4) is 0 Å². The quantitative estimate of drug-likeness (QED) is 0.644. The lowest BCUT2D eigenvalue weighted by molar-refractivity contribution is 0.0930. The van der Waals surface area contributed by atoms with E-state index in [1.54, 1.807) is 35.2 Å². The van der Waals surface area contributed by atoms with Gasteiger partial charge in [-0.25, -0.2) is 4.39 Å². The van der Waals surface area contributed by atoms with Crippen LogP contribution in [0.5, 0.6) is 0 Å². The van der Waals surface area contributed by atoms with Crippen molar-refractivity contribution in [1.29, 1.82) is 0 Å². The van der Waals surface area contributed by atoms with Gasteiger partial charge in [-0.05, 0) is 42.7 Å². The first-order valence-corrected chi connectivity index (χ1v) is 9.60. The summed E-state index contributed by atoms with van der Waals surface area (Å²) in [5, 5.41) is 0. The van der Waals surface area contributed by atoms with Crippen LogP contribution in [-0.4, -0.2) is 29.9 Å². The molecular weight excluding hydrogens is 355 g/mol. The zero-order valence-electron chi connectivity index (χ0n) is 15.6. The summed E-state index contributed by atoms with van der Waals surface area (Å²) in [5.74, 6) is -0.458. The standard InChI is InChI=1S/C23H23FN2O2/c24-20-9-4-5-10-21(20)26(23(27)22-11-6-16-28-22)19-12-14-25(15-13-19)17-18-7-2-1-3-8-18/h1-11,16,19H,12-15,17H2. The normalized spacial score (nSPS) is 15.5. The summed E-state index contributed by atoms with van der Waals surface area (Å²) in [4.78, 5) is 17.0. The lowest BCUT2D eigenvalue weighted by Gasteiger charge is -2.38. The number of carbonyl (C=O) groups excluding carboxylic acids is 1. The molecule has 0 aliphatic carbocycles. The predicted octanol–water partition coefficient (Wildman–Crippen LogP) is 4.73. The summed E-state index contributed by atoms with van der Waals surface area (Å²) in [7, 11) is 0. The minimum absolute atomic E-state index is 0.0680. The Labute approximate surface area is 164 Å². The van der Waals surface area contributed by atoms with E-state index in [9.17, 15) is 9.18 Å². The lowest BCUT2D eigenvalue weighted by Crippen LogP contribution is -2.47. The van der Waals surface area contributed by atoms with E-state index in [-0.39, 0.29) is 17.7 Å². The second-order valence-corrected chi connectivity index (χ2v) is 7.10. The molecule has 1 aliphatic heterocycles. The number of para-hydroxylation sites is 1. The van der Waals surface area contributed by atoms with E-state index in [0.29, 0.717) is 5.69 Å². The van der Waals surface area contributed by atoms with E-state index in [0.717, 1.165) is 32.5 Å². The summed E-state index contributed by atoms with van der Waals surface area (Å²) in [6.07, 6.45) is 3.04. The first kappa shape index (κ1) is 18.4. The molecule has 1 saturated heterocycles. The molecule has 4 rings (SSSR count). The fourth-order valence-electron chi connectivity index (χ4n) is 3.82. The maximum Gasteiger partial charge on any atom is 0.294 e. The van der Waals surface area contributed by atoms with E-state index >= 15 is 0 Å². The van der Waals surface area contributed by atoms with Gasteiger partial charge < -0.3 is 4.42 Å². The van der Waals surface area contributed by atoms with Crippen LogP contribution in [0, 0.1) is 5.82 Å². The maximum atomic E-state index is 14.5. The summed E-state index contributed by atoms with van der Waals surface area (Å²) in [5.41, 5.74) is 1.59. The van der Waals surface area contributed by atoms with Gasteiger partial charge in [0, 0.05) is 25.7 Å². The van der Waals surface area contributed by atoms with Crippen molar-refractivity contribution in [2.45, 2.75) is 25.4 Å². The van der Waals surface area contributed by atoms with Gasteiger partial charge in [0.05, 0.1) is 12.0 Å². The van der Waals surface area contributed by atoms with E-state index in [2.05, 4.69) is 17.0 Å². The zero-order chi connectivity index (χ0) is 19.3. The molecule has 0 saturated carbocycles. The highest BCUT2D eigenvalue weighted by Crippen LogP contribution is 2.28. The Balaban J connectivity index is 1.51. The molecule has 1 aliphatic rings. The molecule has 1 amide bonds. The van der Waals surface area contributed by atoms with Crippen LogP contribution < -0.4 is 4.90 Å². The van der Waals surface area contributed by atoms with Crippen LogP contribution >= 0.6 is 0 Å². The third-order valence-corrected chi connectivity index (χ3v) is 5.23. The van der Waals surface area contributed by atoms with Crippen LogP contribution in [-0.2, 0) is 6.54 Å². The molecule has 1 aromatic heterocycles. The van der Waals surface area contributed by atoms with Gasteiger partial charge in [-0.2, -0.15) is 0 Å². The highest BCUT2D eigenvalue weighted by molar-refractivity contribution is 6.04. The van der Waals surface area contributed by atoms with Crippen molar-refractivity contribution < 1.29 is 13.6 Å². The highest BCUT2D eigenvalue weighted by Gasteiger charge is 2.32. The minimum atomic E-state index is -0.394. The van der Waals surface area contributed by atoms with Crippen molar-refractivity contribution in [2.75, 3.05) is 18.0 Å². The van der Waals surface area contributed by atoms with E-state index in [1.165, 1.54) is 17.9 Å². The summed E-state index contributed by atoms with van der Waals surface area (Å²) in [6, 6.07) is 20.0. The summed E-state index contributed by atoms with van der Waals surface area (Å²) >= 11 is 0. The number of hydrogen-bond acceptors (Lipinski definition) is 3. The Bertz CT molecular complexity index is 903. The zero-order valence-corrected chi connectivity index (χ0v) is 15.6. The molecule has 0 spiro atoms. The molecule has 144 valence electrons. The molecule has 2 heterocycles. The number of furan rings is 1. The Hall–Kier alpha value is -2.92. The third kappa shape index (κ3) is 3.99. The van der Waals surface area contributed by atoms with Gasteiger partial charge in [0.15, 0.2) is 5.76 Å². The number of anilines is 1. The summed E-state index contributed by atoms with van der Waals surface area (Å²) in [6.45, 7) is 2.60. The average molecular weight is 378 g/mol. The minimum Gasteiger partial charge on any atom is -0.459 e. The van der Waals surface area contributed by atoms with Gasteiger partial charge in [0.25, 0.3) is 5.91 Å². The molecule has 0 radical (unpaired) electrons. The average Bonchev–Trinajstić information content (AvgIpc) is 3.26. The number of halogens is 1. The van der Waals surface area contributed by atoms with Gasteiger partial charge in [-0.15, -0.1) is 0 Å². The molecule has 1 fully saturated rings.